The van der Waals surface area contributed by atoms with Crippen LogP contribution in [0.1, 0.15) is 98.5 Å². The van der Waals surface area contributed by atoms with Gasteiger partial charge in [-0.25, -0.2) is 4.79 Å². The number of benzene rings is 2. The molecule has 2 aromatic carbocycles. The topological polar surface area (TPSA) is 176 Å². The van der Waals surface area contributed by atoms with Gasteiger partial charge in [-0.15, -0.1) is 0 Å². The minimum atomic E-state index is -1.21. The Bertz CT molecular complexity index is 1560. The molecule has 2 N–H and O–H groups in total. The van der Waals surface area contributed by atoms with Crippen LogP contribution in [-0.4, -0.2) is 93.9 Å². The highest BCUT2D eigenvalue weighted by atomic mass is 16.8. The summed E-state index contributed by atoms with van der Waals surface area (Å²) >= 11 is 0. The Kier molecular flexibility index (Phi) is 16.2. The SMILES string of the molecule is CCCCOCCNC(=O)CCCC(=O)Nc1ccc2c(c1)C(COC(=O)ON1C(=O)CCC1=O)c1cc(C(=O)CCCOCCCOC)ccc1-2. The van der Waals surface area contributed by atoms with E-state index in [1.807, 2.05) is 12.1 Å². The van der Waals surface area contributed by atoms with Gasteiger partial charge in [-0.2, -0.15) is 0 Å². The number of ether oxygens (including phenoxy) is 4. The van der Waals surface area contributed by atoms with E-state index < -0.39 is 23.9 Å². The molecule has 1 fully saturated rings. The maximum absolute atomic E-state index is 13.2. The average molecular weight is 724 g/mol. The summed E-state index contributed by atoms with van der Waals surface area (Å²) < 4.78 is 21.5. The fraction of sp³-hybridized carbons (Fsp3) is 0.526. The Labute approximate surface area is 303 Å². The van der Waals surface area contributed by atoms with Gasteiger partial charge in [-0.1, -0.05) is 36.6 Å². The minimum Gasteiger partial charge on any atom is -0.432 e. The molecule has 0 saturated carbocycles. The largest absolute Gasteiger partial charge is 0.533 e. The second-order valence-electron chi connectivity index (χ2n) is 12.6. The first-order valence-corrected chi connectivity index (χ1v) is 17.9. The van der Waals surface area contributed by atoms with Crippen LogP contribution in [0.15, 0.2) is 36.4 Å². The monoisotopic (exact) mass is 723 g/mol. The Balaban J connectivity index is 1.39. The summed E-state index contributed by atoms with van der Waals surface area (Å²) in [7, 11) is 1.63. The number of anilines is 1. The van der Waals surface area contributed by atoms with Crippen molar-refractivity contribution < 1.29 is 52.6 Å². The van der Waals surface area contributed by atoms with Crippen molar-refractivity contribution in [1.29, 1.82) is 0 Å². The molecule has 0 aromatic heterocycles. The highest BCUT2D eigenvalue weighted by Crippen LogP contribution is 2.46. The van der Waals surface area contributed by atoms with Crippen molar-refractivity contribution >= 4 is 41.3 Å². The second kappa shape index (κ2) is 21.0. The number of rotatable bonds is 23. The Morgan fingerprint density at radius 3 is 2.19 bits per heavy atom. The molecule has 1 unspecified atom stereocenters. The summed E-state index contributed by atoms with van der Waals surface area (Å²) in [6.07, 6.45) is 3.01. The van der Waals surface area contributed by atoms with Gasteiger partial charge in [0.2, 0.25) is 11.8 Å². The summed E-state index contributed by atoms with van der Waals surface area (Å²) in [6, 6.07) is 10.8. The number of unbranched alkanes of at least 4 members (excludes halogenated alkanes) is 1. The Morgan fingerprint density at radius 1 is 0.769 bits per heavy atom. The molecule has 4 rings (SSSR count). The highest BCUT2D eigenvalue weighted by molar-refractivity contribution is 6.01. The first-order valence-electron chi connectivity index (χ1n) is 17.9. The van der Waals surface area contributed by atoms with Crippen molar-refractivity contribution in [1.82, 2.24) is 10.4 Å². The zero-order valence-corrected chi connectivity index (χ0v) is 30.0. The van der Waals surface area contributed by atoms with Gasteiger partial charge in [0.1, 0.15) is 6.61 Å². The van der Waals surface area contributed by atoms with Crippen molar-refractivity contribution in [3.63, 3.8) is 0 Å². The van der Waals surface area contributed by atoms with E-state index in [-0.39, 0.29) is 56.3 Å². The predicted octanol–water partition coefficient (Wildman–Crippen LogP) is 5.07. The van der Waals surface area contributed by atoms with E-state index in [0.29, 0.717) is 68.7 Å². The van der Waals surface area contributed by atoms with Gasteiger partial charge in [0.15, 0.2) is 5.78 Å². The number of carbonyl (C=O) groups is 6. The number of hydrogen-bond acceptors (Lipinski definition) is 11. The number of methoxy groups -OCH3 is 1. The van der Waals surface area contributed by atoms with Crippen molar-refractivity contribution in [3.8, 4) is 11.1 Å². The zero-order valence-electron chi connectivity index (χ0n) is 30.0. The average Bonchev–Trinajstić information content (AvgIpc) is 3.61. The number of imide groups is 1. The van der Waals surface area contributed by atoms with Crippen molar-refractivity contribution in [3.05, 3.63) is 53.1 Å². The van der Waals surface area contributed by atoms with E-state index in [2.05, 4.69) is 17.6 Å². The molecule has 0 spiro atoms. The molecule has 0 bridgehead atoms. The maximum Gasteiger partial charge on any atom is 0.533 e. The van der Waals surface area contributed by atoms with E-state index in [1.165, 1.54) is 0 Å². The number of amides is 4. The van der Waals surface area contributed by atoms with Crippen LogP contribution in [0.2, 0.25) is 0 Å². The Morgan fingerprint density at radius 2 is 1.44 bits per heavy atom. The molecule has 2 aliphatic rings. The first-order chi connectivity index (χ1) is 25.2. The normalized spacial score (nSPS) is 14.6. The lowest BCUT2D eigenvalue weighted by Gasteiger charge is -2.17. The van der Waals surface area contributed by atoms with Crippen LogP contribution in [0.3, 0.4) is 0 Å². The number of hydrogen-bond donors (Lipinski definition) is 2. The van der Waals surface area contributed by atoms with Gasteiger partial charge in [0, 0.05) is 89.4 Å². The third-order valence-corrected chi connectivity index (χ3v) is 8.64. The van der Waals surface area contributed by atoms with Crippen molar-refractivity contribution in [2.45, 2.75) is 77.0 Å². The van der Waals surface area contributed by atoms with E-state index in [9.17, 15) is 28.8 Å². The van der Waals surface area contributed by atoms with E-state index in [0.717, 1.165) is 41.5 Å². The molecule has 2 aromatic rings. The van der Waals surface area contributed by atoms with E-state index >= 15 is 0 Å². The third kappa shape index (κ3) is 12.0. The fourth-order valence-electron chi connectivity index (χ4n) is 5.92. The summed E-state index contributed by atoms with van der Waals surface area (Å²) in [4.78, 5) is 79.5. The van der Waals surface area contributed by atoms with Gasteiger partial charge in [0.05, 0.1) is 6.61 Å². The van der Waals surface area contributed by atoms with Crippen LogP contribution < -0.4 is 10.6 Å². The second-order valence-corrected chi connectivity index (χ2v) is 12.6. The number of carbonyl (C=O) groups excluding carboxylic acids is 6. The van der Waals surface area contributed by atoms with Crippen LogP contribution in [0.4, 0.5) is 10.5 Å². The Hall–Kier alpha value is -4.66. The van der Waals surface area contributed by atoms with E-state index in [4.69, 9.17) is 23.8 Å². The third-order valence-electron chi connectivity index (χ3n) is 8.64. The molecule has 4 amide bonds. The molecule has 52 heavy (non-hydrogen) atoms. The van der Waals surface area contributed by atoms with Crippen LogP contribution in [-0.2, 0) is 43.0 Å². The molecule has 1 aliphatic heterocycles. The predicted molar refractivity (Wildman–Crippen MR) is 189 cm³/mol. The molecule has 14 nitrogen and oxygen atoms in total. The van der Waals surface area contributed by atoms with Crippen LogP contribution in [0, 0.1) is 0 Å². The molecule has 0 radical (unpaired) electrons. The molecule has 282 valence electrons. The lowest BCUT2D eigenvalue weighted by molar-refractivity contribution is -0.177. The molecular weight excluding hydrogens is 674 g/mol. The lowest BCUT2D eigenvalue weighted by Crippen LogP contribution is -2.32. The highest BCUT2D eigenvalue weighted by Gasteiger charge is 2.35. The van der Waals surface area contributed by atoms with Crippen LogP contribution >= 0.6 is 0 Å². The zero-order chi connectivity index (χ0) is 37.3. The number of nitrogens with one attached hydrogen (secondary N) is 2. The standard InChI is InChI=1S/C38H49N3O11/c1-3-4-19-50-22-17-39-34(43)9-5-10-35(44)40-27-12-14-29-28-13-11-26(33(42)8-6-20-49-21-7-18-48-2)23-30(28)32(31(29)24-27)25-51-38(47)52-41-36(45)15-16-37(41)46/h11-14,23-24,32H,3-10,15-22,25H2,1-2H3,(H,39,43)(H,40,44). The van der Waals surface area contributed by atoms with Gasteiger partial charge in [-0.3, -0.25) is 28.8 Å². The molecule has 1 saturated heterocycles. The van der Waals surface area contributed by atoms with Gasteiger partial charge >= 0.3 is 6.16 Å². The number of ketones is 1. The summed E-state index contributed by atoms with van der Waals surface area (Å²) in [5.74, 6) is -2.28. The molecule has 1 heterocycles. The maximum atomic E-state index is 13.2. The van der Waals surface area contributed by atoms with Crippen LogP contribution in [0.25, 0.3) is 11.1 Å². The quantitative estimate of drug-likeness (QED) is 0.0678. The minimum absolute atomic E-state index is 0.0530. The van der Waals surface area contributed by atoms with Gasteiger partial charge < -0.3 is 29.6 Å². The molecule has 1 aliphatic carbocycles. The van der Waals surface area contributed by atoms with E-state index in [1.54, 1.807) is 31.4 Å². The van der Waals surface area contributed by atoms with Crippen LogP contribution in [0.5, 0.6) is 0 Å². The fourth-order valence-corrected chi connectivity index (χ4v) is 5.92. The number of fused-ring (bicyclic) bond motifs is 3. The van der Waals surface area contributed by atoms with Crippen molar-refractivity contribution in [2.24, 2.45) is 0 Å². The smallest absolute Gasteiger partial charge is 0.432 e. The summed E-state index contributed by atoms with van der Waals surface area (Å²) in [6.45, 7) is 5.00. The molecule has 1 atom stereocenters. The van der Waals surface area contributed by atoms with Crippen molar-refractivity contribution in [2.75, 3.05) is 58.6 Å². The van der Waals surface area contributed by atoms with Gasteiger partial charge in [0.25, 0.3) is 11.8 Å². The first kappa shape index (κ1) is 40.1. The number of Topliss-reactive ketones (excluding diaryl/α,β-unsaturated/α-hetero) is 1. The molecular formula is C38H49N3O11. The van der Waals surface area contributed by atoms with Gasteiger partial charge in [-0.05, 0) is 66.1 Å². The summed E-state index contributed by atoms with van der Waals surface area (Å²) in [5.41, 5.74) is 4.14. The number of hydroxylamine groups is 2. The lowest BCUT2D eigenvalue weighted by atomic mass is 9.94. The molecule has 14 heteroatoms. The number of nitrogens with zero attached hydrogens (tertiary/aromatic N) is 1. The summed E-state index contributed by atoms with van der Waals surface area (Å²) in [5, 5.41) is 6.09.